The number of benzene rings is 3. The molecule has 3 heteroatoms. The van der Waals surface area contributed by atoms with Crippen LogP contribution >= 0.6 is 0 Å². The van der Waals surface area contributed by atoms with Crippen LogP contribution in [0.1, 0.15) is 23.7 Å². The lowest BCUT2D eigenvalue weighted by Gasteiger charge is -2.22. The summed E-state index contributed by atoms with van der Waals surface area (Å²) in [7, 11) is 4.33. The molecule has 0 saturated heterocycles. The van der Waals surface area contributed by atoms with Crippen LogP contribution in [0.4, 0.5) is 0 Å². The van der Waals surface area contributed by atoms with Crippen molar-refractivity contribution in [2.75, 3.05) is 20.6 Å². The first-order valence-corrected chi connectivity index (χ1v) is 9.49. The maximum atomic E-state index is 6.43. The van der Waals surface area contributed by atoms with Gasteiger partial charge in [0, 0.05) is 6.42 Å². The van der Waals surface area contributed by atoms with E-state index in [4.69, 9.17) is 9.47 Å². The second-order valence-corrected chi connectivity index (χ2v) is 6.98. The molecule has 1 atom stereocenters. The summed E-state index contributed by atoms with van der Waals surface area (Å²) in [6.07, 6.45) is 0.946. The molecular weight excluding hydrogens is 334 g/mol. The van der Waals surface area contributed by atoms with Crippen LogP contribution in [-0.2, 0) is 6.61 Å². The summed E-state index contributed by atoms with van der Waals surface area (Å²) in [5, 5.41) is 0. The molecule has 0 amide bonds. The molecule has 0 heterocycles. The smallest absolute Gasteiger partial charge is 0.162 e. The molecule has 0 saturated carbocycles. The lowest BCUT2D eigenvalue weighted by atomic mass is 10.1. The zero-order chi connectivity index (χ0) is 18.9. The summed E-state index contributed by atoms with van der Waals surface area (Å²) < 4.78 is 12.5. The monoisotopic (exact) mass is 362 g/mol. The van der Waals surface area contributed by atoms with E-state index in [1.807, 2.05) is 48.5 Å². The molecule has 0 bridgehead atoms. The molecule has 0 unspecified atom stereocenters. The summed E-state index contributed by atoms with van der Waals surface area (Å²) in [5.41, 5.74) is 2.33. The minimum absolute atomic E-state index is 0.00238. The van der Waals surface area contributed by atoms with Crippen LogP contribution in [0.2, 0.25) is 0 Å². The summed E-state index contributed by atoms with van der Waals surface area (Å²) in [6.45, 7) is 1.56. The zero-order valence-corrected chi connectivity index (χ0v) is 16.1. The van der Waals surface area contributed by atoms with Gasteiger partial charge in [0.25, 0.3) is 0 Å². The fourth-order valence-electron chi connectivity index (χ4n) is 2.94. The third kappa shape index (κ3) is 5.87. The highest BCUT2D eigenvalue weighted by molar-refractivity contribution is 5.40. The van der Waals surface area contributed by atoms with Crippen LogP contribution in [0, 0.1) is 0 Å². The number of hydrogen-bond acceptors (Lipinski definition) is 2. The van der Waals surface area contributed by atoms with Crippen LogP contribution in [0.25, 0.3) is 0 Å². The van der Waals surface area contributed by atoms with E-state index in [-0.39, 0.29) is 6.10 Å². The largest absolute Gasteiger partial charge is 0.485 e. The predicted octanol–water partition coefficient (Wildman–Crippen LogP) is 3.92. The number of hydrogen-bond donors (Lipinski definition) is 1. The highest BCUT2D eigenvalue weighted by atomic mass is 16.5. The molecule has 3 rings (SSSR count). The Bertz CT molecular complexity index is 803. The minimum Gasteiger partial charge on any atom is -0.485 e. The van der Waals surface area contributed by atoms with Gasteiger partial charge in [-0.25, -0.2) is 0 Å². The Kier molecular flexibility index (Phi) is 6.89. The van der Waals surface area contributed by atoms with E-state index in [9.17, 15) is 0 Å². The molecule has 0 fully saturated rings. The van der Waals surface area contributed by atoms with Crippen molar-refractivity contribution in [3.05, 3.63) is 96.1 Å². The van der Waals surface area contributed by atoms with E-state index in [0.29, 0.717) is 6.61 Å². The summed E-state index contributed by atoms with van der Waals surface area (Å²) in [5.74, 6) is 1.57. The van der Waals surface area contributed by atoms with E-state index in [0.717, 1.165) is 30.0 Å². The maximum Gasteiger partial charge on any atom is 0.162 e. The van der Waals surface area contributed by atoms with Crippen molar-refractivity contribution in [2.45, 2.75) is 19.1 Å². The van der Waals surface area contributed by atoms with Gasteiger partial charge in [-0.05, 0) is 23.3 Å². The van der Waals surface area contributed by atoms with Gasteiger partial charge in [-0.3, -0.25) is 0 Å². The molecule has 1 N–H and O–H groups in total. The number of nitrogens with one attached hydrogen (secondary N) is 1. The van der Waals surface area contributed by atoms with Crippen molar-refractivity contribution >= 4 is 0 Å². The Balaban J connectivity index is 1.75. The average Bonchev–Trinajstić information content (AvgIpc) is 2.71. The average molecular weight is 362 g/mol. The van der Waals surface area contributed by atoms with E-state index < -0.39 is 0 Å². The molecule has 0 aliphatic carbocycles. The fourth-order valence-corrected chi connectivity index (χ4v) is 2.94. The molecule has 0 aliphatic rings. The minimum atomic E-state index is 0.00238. The second-order valence-electron chi connectivity index (χ2n) is 6.98. The Morgan fingerprint density at radius 2 is 1.33 bits per heavy atom. The van der Waals surface area contributed by atoms with Crippen LogP contribution in [0.5, 0.6) is 11.5 Å². The SMILES string of the molecule is C[NH+](C)CC[C@@H](Oc1ccccc1OCc1ccccc1)c1ccccc1. The molecule has 3 aromatic rings. The molecule has 140 valence electrons. The Labute approximate surface area is 162 Å². The van der Waals surface area contributed by atoms with Crippen molar-refractivity contribution in [3.63, 3.8) is 0 Å². The Hall–Kier alpha value is -2.78. The third-order valence-electron chi connectivity index (χ3n) is 4.43. The van der Waals surface area contributed by atoms with Crippen LogP contribution in [-0.4, -0.2) is 20.6 Å². The van der Waals surface area contributed by atoms with Crippen LogP contribution in [0.3, 0.4) is 0 Å². The quantitative estimate of drug-likeness (QED) is 0.623. The number of rotatable bonds is 9. The van der Waals surface area contributed by atoms with Gasteiger partial charge in [0.2, 0.25) is 0 Å². The van der Waals surface area contributed by atoms with Gasteiger partial charge in [0.05, 0.1) is 20.6 Å². The fraction of sp³-hybridized carbons (Fsp3) is 0.250. The normalized spacial score (nSPS) is 12.0. The van der Waals surface area contributed by atoms with Crippen molar-refractivity contribution < 1.29 is 14.4 Å². The third-order valence-corrected chi connectivity index (χ3v) is 4.43. The topological polar surface area (TPSA) is 22.9 Å². The van der Waals surface area contributed by atoms with Gasteiger partial charge < -0.3 is 14.4 Å². The Morgan fingerprint density at radius 3 is 2.00 bits per heavy atom. The van der Waals surface area contributed by atoms with Crippen molar-refractivity contribution in [1.82, 2.24) is 0 Å². The first-order chi connectivity index (χ1) is 13.2. The summed E-state index contributed by atoms with van der Waals surface area (Å²) >= 11 is 0. The predicted molar refractivity (Wildman–Crippen MR) is 109 cm³/mol. The van der Waals surface area contributed by atoms with E-state index in [1.165, 1.54) is 10.5 Å². The molecule has 0 aromatic heterocycles. The van der Waals surface area contributed by atoms with Gasteiger partial charge in [-0.15, -0.1) is 0 Å². The number of para-hydroxylation sites is 2. The van der Waals surface area contributed by atoms with Crippen LogP contribution in [0.15, 0.2) is 84.9 Å². The van der Waals surface area contributed by atoms with Gasteiger partial charge in [-0.1, -0.05) is 72.8 Å². The Morgan fingerprint density at radius 1 is 0.741 bits per heavy atom. The maximum absolute atomic E-state index is 6.43. The van der Waals surface area contributed by atoms with E-state index >= 15 is 0 Å². The molecule has 27 heavy (non-hydrogen) atoms. The summed E-state index contributed by atoms with van der Waals surface area (Å²) in [4.78, 5) is 1.41. The first-order valence-electron chi connectivity index (χ1n) is 9.49. The number of quaternary nitrogens is 1. The van der Waals surface area contributed by atoms with Gasteiger partial charge >= 0.3 is 0 Å². The van der Waals surface area contributed by atoms with E-state index in [2.05, 4.69) is 50.5 Å². The lowest BCUT2D eigenvalue weighted by Crippen LogP contribution is -3.05. The second kappa shape index (κ2) is 9.79. The first kappa shape index (κ1) is 19.0. The molecule has 0 spiro atoms. The zero-order valence-electron chi connectivity index (χ0n) is 16.1. The van der Waals surface area contributed by atoms with Gasteiger partial charge in [-0.2, -0.15) is 0 Å². The van der Waals surface area contributed by atoms with Crippen molar-refractivity contribution in [3.8, 4) is 11.5 Å². The molecule has 0 radical (unpaired) electrons. The molecular formula is C24H28NO2+. The highest BCUT2D eigenvalue weighted by Gasteiger charge is 2.17. The van der Waals surface area contributed by atoms with Gasteiger partial charge in [0.15, 0.2) is 11.5 Å². The molecule has 3 nitrogen and oxygen atoms in total. The van der Waals surface area contributed by atoms with E-state index in [1.54, 1.807) is 0 Å². The van der Waals surface area contributed by atoms with Crippen molar-refractivity contribution in [1.29, 1.82) is 0 Å². The van der Waals surface area contributed by atoms with Crippen molar-refractivity contribution in [2.24, 2.45) is 0 Å². The number of ether oxygens (including phenoxy) is 2. The van der Waals surface area contributed by atoms with Gasteiger partial charge in [0.1, 0.15) is 12.7 Å². The van der Waals surface area contributed by atoms with Crippen LogP contribution < -0.4 is 14.4 Å². The molecule has 3 aromatic carbocycles. The lowest BCUT2D eigenvalue weighted by molar-refractivity contribution is -0.858. The highest BCUT2D eigenvalue weighted by Crippen LogP contribution is 2.32. The standard InChI is InChI=1S/C24H27NO2/c1-25(2)18-17-22(21-13-7-4-8-14-21)27-24-16-10-9-15-23(24)26-19-20-11-5-3-6-12-20/h3-16,22H,17-19H2,1-2H3/p+1/t22-/m1/s1. The summed E-state index contributed by atoms with van der Waals surface area (Å²) in [6, 6.07) is 28.5. The molecule has 0 aliphatic heterocycles.